The Labute approximate surface area is 99.6 Å². The van der Waals surface area contributed by atoms with Crippen molar-refractivity contribution in [3.63, 3.8) is 0 Å². The Morgan fingerprint density at radius 2 is 1.94 bits per heavy atom. The predicted octanol–water partition coefficient (Wildman–Crippen LogP) is 1.94. The van der Waals surface area contributed by atoms with Crippen molar-refractivity contribution in [1.82, 2.24) is 15.1 Å². The number of carbonyl (C=O) groups excluding carboxylic acids is 1. The second-order valence-electron chi connectivity index (χ2n) is 3.12. The fraction of sp³-hybridized carbons (Fsp3) is 0.571. The molecule has 2 amide bonds. The molecule has 0 N–H and O–H groups in total. The lowest BCUT2D eigenvalue weighted by Crippen LogP contribution is -2.36. The Balaban J connectivity index is 2.90. The Kier molecular flexibility index (Phi) is 3.64. The second-order valence-corrected chi connectivity index (χ2v) is 4.55. The van der Waals surface area contributed by atoms with Crippen LogP contribution in [0, 0.1) is 0 Å². The van der Waals surface area contributed by atoms with Crippen molar-refractivity contribution < 1.29 is 13.6 Å². The first-order valence-electron chi connectivity index (χ1n) is 4.09. The number of amides is 2. The highest BCUT2D eigenvalue weighted by molar-refractivity contribution is 7.15. The van der Waals surface area contributed by atoms with E-state index in [0.29, 0.717) is 11.3 Å². The van der Waals surface area contributed by atoms with Crippen LogP contribution in [0.3, 0.4) is 0 Å². The molecule has 1 heterocycles. The smallest absolute Gasteiger partial charge is 0.330 e. The summed E-state index contributed by atoms with van der Waals surface area (Å²) in [5.74, 6) is 0. The summed E-state index contributed by atoms with van der Waals surface area (Å²) in [7, 11) is 4.49. The molecule has 0 bridgehead atoms. The van der Waals surface area contributed by atoms with Gasteiger partial charge in [-0.25, -0.2) is 4.79 Å². The van der Waals surface area contributed by atoms with Gasteiger partial charge in [0.2, 0.25) is 10.1 Å². The number of halogens is 3. The molecule has 0 fully saturated rings. The third-order valence-corrected chi connectivity index (χ3v) is 2.97. The van der Waals surface area contributed by atoms with Gasteiger partial charge in [-0.15, -0.1) is 10.2 Å². The minimum atomic E-state index is -3.56. The predicted molar refractivity (Wildman–Crippen MR) is 57.1 cm³/mol. The lowest BCUT2D eigenvalue weighted by Gasteiger charge is -2.18. The number of alkyl halides is 3. The van der Waals surface area contributed by atoms with Crippen LogP contribution in [-0.2, 0) is 5.38 Å². The number of carbonyl (C=O) groups is 1. The number of hydrogen-bond donors (Lipinski definition) is 0. The van der Waals surface area contributed by atoms with Crippen LogP contribution in [-0.4, -0.2) is 42.3 Å². The maximum atomic E-state index is 12.7. The number of rotatable bonds is 2. The summed E-state index contributed by atoms with van der Waals surface area (Å²) in [4.78, 5) is 13.9. The third-order valence-electron chi connectivity index (χ3n) is 1.61. The Bertz CT molecular complexity index is 392. The summed E-state index contributed by atoms with van der Waals surface area (Å²) < 4.78 is 25.3. The van der Waals surface area contributed by atoms with Crippen molar-refractivity contribution in [1.29, 1.82) is 0 Å². The number of urea groups is 1. The second kappa shape index (κ2) is 4.46. The van der Waals surface area contributed by atoms with Crippen LogP contribution in [0.2, 0.25) is 0 Å². The monoisotopic (exact) mass is 270 g/mol. The molecule has 0 spiro atoms. The zero-order valence-corrected chi connectivity index (χ0v) is 10.3. The molecule has 1 aromatic heterocycles. The van der Waals surface area contributed by atoms with Gasteiger partial charge < -0.3 is 4.90 Å². The van der Waals surface area contributed by atoms with E-state index in [4.69, 9.17) is 11.6 Å². The molecule has 9 heteroatoms. The Hall–Kier alpha value is -1.02. The average Bonchev–Trinajstić information content (AvgIpc) is 2.63. The van der Waals surface area contributed by atoms with E-state index in [1.807, 2.05) is 0 Å². The van der Waals surface area contributed by atoms with Crippen molar-refractivity contribution in [2.45, 2.75) is 5.38 Å². The van der Waals surface area contributed by atoms with Crippen LogP contribution in [0.15, 0.2) is 0 Å². The van der Waals surface area contributed by atoms with Gasteiger partial charge in [0.25, 0.3) is 0 Å². The van der Waals surface area contributed by atoms with Crippen molar-refractivity contribution >= 4 is 34.1 Å². The topological polar surface area (TPSA) is 49.3 Å². The number of nitrogens with zero attached hydrogens (tertiary/aromatic N) is 4. The van der Waals surface area contributed by atoms with Crippen LogP contribution in [0.5, 0.6) is 0 Å². The van der Waals surface area contributed by atoms with E-state index >= 15 is 0 Å². The van der Waals surface area contributed by atoms with Crippen LogP contribution in [0.1, 0.15) is 5.01 Å². The molecule has 0 aliphatic rings. The van der Waals surface area contributed by atoms with Gasteiger partial charge in [-0.1, -0.05) is 11.3 Å². The molecule has 0 radical (unpaired) electrons. The molecule has 0 atom stereocenters. The number of anilines is 1. The summed E-state index contributed by atoms with van der Waals surface area (Å²) in [5, 5.41) is 2.56. The summed E-state index contributed by atoms with van der Waals surface area (Å²) in [6.45, 7) is 0. The summed E-state index contributed by atoms with van der Waals surface area (Å²) in [5.41, 5.74) is 0. The molecule has 90 valence electrons. The minimum absolute atomic E-state index is 0.0639. The van der Waals surface area contributed by atoms with Crippen LogP contribution < -0.4 is 4.90 Å². The van der Waals surface area contributed by atoms with Gasteiger partial charge in [0.1, 0.15) is 0 Å². The van der Waals surface area contributed by atoms with E-state index in [9.17, 15) is 13.6 Å². The number of hydrogen-bond acceptors (Lipinski definition) is 4. The van der Waals surface area contributed by atoms with E-state index in [1.54, 1.807) is 0 Å². The van der Waals surface area contributed by atoms with Crippen molar-refractivity contribution in [3.05, 3.63) is 5.01 Å². The van der Waals surface area contributed by atoms with E-state index in [1.165, 1.54) is 26.0 Å². The first-order chi connectivity index (χ1) is 7.23. The highest BCUT2D eigenvalue weighted by Gasteiger charge is 2.34. The Morgan fingerprint density at radius 3 is 2.31 bits per heavy atom. The van der Waals surface area contributed by atoms with E-state index in [0.717, 1.165) is 4.90 Å². The molecule has 0 unspecified atom stereocenters. The Morgan fingerprint density at radius 1 is 1.38 bits per heavy atom. The van der Waals surface area contributed by atoms with Crippen molar-refractivity contribution in [3.8, 4) is 0 Å². The molecule has 1 aromatic rings. The summed E-state index contributed by atoms with van der Waals surface area (Å²) in [6, 6.07) is -0.388. The molecule has 5 nitrogen and oxygen atoms in total. The molecular formula is C7H9ClF2N4OS. The van der Waals surface area contributed by atoms with Gasteiger partial charge in [0, 0.05) is 21.1 Å². The zero-order chi connectivity index (χ0) is 12.5. The number of aromatic nitrogens is 2. The van der Waals surface area contributed by atoms with Gasteiger partial charge in [-0.3, -0.25) is 4.90 Å². The third kappa shape index (κ3) is 2.76. The van der Waals surface area contributed by atoms with Gasteiger partial charge >= 0.3 is 11.4 Å². The van der Waals surface area contributed by atoms with Crippen molar-refractivity contribution in [2.24, 2.45) is 0 Å². The minimum Gasteiger partial charge on any atom is -0.330 e. The maximum Gasteiger partial charge on any atom is 0.375 e. The molecule has 16 heavy (non-hydrogen) atoms. The average molecular weight is 271 g/mol. The first-order valence-corrected chi connectivity index (χ1v) is 5.28. The fourth-order valence-corrected chi connectivity index (χ4v) is 1.67. The quantitative estimate of drug-likeness (QED) is 0.772. The van der Waals surface area contributed by atoms with Gasteiger partial charge in [-0.05, 0) is 11.6 Å². The maximum absolute atomic E-state index is 12.7. The van der Waals surface area contributed by atoms with Crippen LogP contribution in [0.25, 0.3) is 0 Å². The lowest BCUT2D eigenvalue weighted by atomic mass is 10.7. The molecule has 0 saturated carbocycles. The van der Waals surface area contributed by atoms with Crippen LogP contribution >= 0.6 is 22.9 Å². The van der Waals surface area contributed by atoms with Gasteiger partial charge in [0.05, 0.1) is 0 Å². The molecule has 0 saturated heterocycles. The van der Waals surface area contributed by atoms with E-state index in [-0.39, 0.29) is 11.2 Å². The normalized spacial score (nSPS) is 11.4. The fourth-order valence-electron chi connectivity index (χ4n) is 0.847. The molecular weight excluding hydrogens is 262 g/mol. The first kappa shape index (κ1) is 13.0. The lowest BCUT2D eigenvalue weighted by molar-refractivity contribution is 0.0939. The molecule has 0 aliphatic carbocycles. The molecule has 0 aliphatic heterocycles. The van der Waals surface area contributed by atoms with Gasteiger partial charge in [0.15, 0.2) is 0 Å². The van der Waals surface area contributed by atoms with E-state index in [2.05, 4.69) is 10.2 Å². The molecule has 0 aromatic carbocycles. The highest BCUT2D eigenvalue weighted by atomic mass is 35.5. The largest absolute Gasteiger partial charge is 0.375 e. The summed E-state index contributed by atoms with van der Waals surface area (Å²) >= 11 is 5.35. The SMILES string of the molecule is CN(C)C(=O)N(C)c1nnc(C(F)(F)Cl)s1. The van der Waals surface area contributed by atoms with Crippen LogP contribution in [0.4, 0.5) is 18.7 Å². The zero-order valence-electron chi connectivity index (χ0n) is 8.74. The summed E-state index contributed by atoms with van der Waals surface area (Å²) in [6.07, 6.45) is 0. The van der Waals surface area contributed by atoms with E-state index < -0.39 is 10.4 Å². The molecule has 1 rings (SSSR count). The highest BCUT2D eigenvalue weighted by Crippen LogP contribution is 2.36. The standard InChI is InChI=1S/C7H9ClF2N4OS/c1-13(2)6(15)14(3)5-12-11-4(16-5)7(8,9)10/h1-3H3. The van der Waals surface area contributed by atoms with Crippen molar-refractivity contribution in [2.75, 3.05) is 26.0 Å². The van der Waals surface area contributed by atoms with Gasteiger partial charge in [-0.2, -0.15) is 8.78 Å².